The number of ether oxygens (including phenoxy) is 1. The normalized spacial score (nSPS) is 19.6. The Morgan fingerprint density at radius 1 is 1.29 bits per heavy atom. The van der Waals surface area contributed by atoms with Gasteiger partial charge in [0.2, 0.25) is 0 Å². The average Bonchev–Trinajstić information content (AvgIpc) is 2.87. The van der Waals surface area contributed by atoms with Crippen molar-refractivity contribution < 1.29 is 4.74 Å². The summed E-state index contributed by atoms with van der Waals surface area (Å²) < 4.78 is 5.44. The molecule has 1 unspecified atom stereocenters. The van der Waals surface area contributed by atoms with Crippen molar-refractivity contribution in [1.29, 1.82) is 0 Å². The first kappa shape index (κ1) is 11.5. The lowest BCUT2D eigenvalue weighted by Gasteiger charge is -2.22. The van der Waals surface area contributed by atoms with E-state index in [-0.39, 0.29) is 24.0 Å². The summed E-state index contributed by atoms with van der Waals surface area (Å²) in [5.74, 6) is 0. The van der Waals surface area contributed by atoms with Crippen LogP contribution in [-0.4, -0.2) is 12.6 Å². The molecule has 1 fully saturated rings. The van der Waals surface area contributed by atoms with Crippen LogP contribution in [0.15, 0.2) is 30.3 Å². The molecule has 1 aromatic rings. The minimum atomic E-state index is -0.101. The highest BCUT2D eigenvalue weighted by Gasteiger charge is 2.46. The number of nitrogens with two attached hydrogens (primary N) is 1. The lowest BCUT2D eigenvalue weighted by Crippen LogP contribution is -2.31. The zero-order valence-corrected chi connectivity index (χ0v) is 9.09. The Morgan fingerprint density at radius 3 is 2.29 bits per heavy atom. The molecule has 0 aliphatic heterocycles. The van der Waals surface area contributed by atoms with Crippen LogP contribution in [0.4, 0.5) is 0 Å². The Kier molecular flexibility index (Phi) is 3.53. The number of benzene rings is 1. The molecule has 1 aromatic carbocycles. The van der Waals surface area contributed by atoms with Gasteiger partial charge in [0, 0.05) is 12.6 Å². The fraction of sp³-hybridized carbons (Fsp3) is 0.455. The summed E-state index contributed by atoms with van der Waals surface area (Å²) in [6, 6.07) is 10.2. The van der Waals surface area contributed by atoms with Crippen molar-refractivity contribution in [2.75, 3.05) is 7.11 Å². The molecule has 1 aliphatic carbocycles. The standard InChI is InChI=1S/C11H15NO.ClH/c1-13-10(11(12)7-8-11)9-5-3-2-4-6-9;/h2-6,10H,7-8,12H2,1H3;1H. The lowest BCUT2D eigenvalue weighted by atomic mass is 10.0. The van der Waals surface area contributed by atoms with Gasteiger partial charge in [-0.15, -0.1) is 12.4 Å². The van der Waals surface area contributed by atoms with E-state index in [0.717, 1.165) is 12.8 Å². The maximum atomic E-state index is 6.11. The van der Waals surface area contributed by atoms with Crippen LogP contribution >= 0.6 is 12.4 Å². The SMILES string of the molecule is COC(c1ccccc1)C1(N)CC1.Cl. The van der Waals surface area contributed by atoms with Gasteiger partial charge in [-0.3, -0.25) is 0 Å². The third-order valence-corrected chi connectivity index (χ3v) is 2.69. The molecule has 78 valence electrons. The molecular weight excluding hydrogens is 198 g/mol. The smallest absolute Gasteiger partial charge is 0.1000 e. The highest BCUT2D eigenvalue weighted by Crippen LogP contribution is 2.45. The van der Waals surface area contributed by atoms with Gasteiger partial charge in [-0.2, -0.15) is 0 Å². The molecule has 1 saturated carbocycles. The summed E-state index contributed by atoms with van der Waals surface area (Å²) in [6.07, 6.45) is 2.20. The molecule has 14 heavy (non-hydrogen) atoms. The Hall–Kier alpha value is -0.570. The van der Waals surface area contributed by atoms with E-state index in [9.17, 15) is 0 Å². The summed E-state index contributed by atoms with van der Waals surface area (Å²) in [5.41, 5.74) is 7.19. The predicted molar refractivity (Wildman–Crippen MR) is 59.6 cm³/mol. The van der Waals surface area contributed by atoms with Crippen LogP contribution < -0.4 is 5.73 Å². The number of rotatable bonds is 3. The average molecular weight is 214 g/mol. The molecule has 0 saturated heterocycles. The Bertz CT molecular complexity index is 285. The summed E-state index contributed by atoms with van der Waals surface area (Å²) >= 11 is 0. The number of halogens is 1. The molecule has 0 aromatic heterocycles. The molecule has 0 radical (unpaired) electrons. The lowest BCUT2D eigenvalue weighted by molar-refractivity contribution is 0.0720. The van der Waals surface area contributed by atoms with E-state index in [2.05, 4.69) is 12.1 Å². The molecule has 2 N–H and O–H groups in total. The van der Waals surface area contributed by atoms with Crippen molar-refractivity contribution in [3.8, 4) is 0 Å². The van der Waals surface area contributed by atoms with E-state index in [0.29, 0.717) is 0 Å². The van der Waals surface area contributed by atoms with E-state index in [1.165, 1.54) is 5.56 Å². The van der Waals surface area contributed by atoms with Crippen molar-refractivity contribution in [1.82, 2.24) is 0 Å². The molecule has 0 amide bonds. The minimum Gasteiger partial charge on any atom is -0.375 e. The molecule has 1 atom stereocenters. The predicted octanol–water partition coefficient (Wildman–Crippen LogP) is 2.29. The first-order valence-corrected chi connectivity index (χ1v) is 4.63. The van der Waals surface area contributed by atoms with Gasteiger partial charge >= 0.3 is 0 Å². The molecule has 2 rings (SSSR count). The Morgan fingerprint density at radius 2 is 1.86 bits per heavy atom. The molecule has 2 nitrogen and oxygen atoms in total. The fourth-order valence-electron chi connectivity index (χ4n) is 1.74. The highest BCUT2D eigenvalue weighted by molar-refractivity contribution is 5.85. The number of methoxy groups -OCH3 is 1. The van der Waals surface area contributed by atoms with Crippen LogP contribution in [0.3, 0.4) is 0 Å². The van der Waals surface area contributed by atoms with Crippen LogP contribution in [-0.2, 0) is 4.74 Å². The molecular formula is C11H16ClNO. The number of hydrogen-bond acceptors (Lipinski definition) is 2. The quantitative estimate of drug-likeness (QED) is 0.836. The van der Waals surface area contributed by atoms with E-state index in [4.69, 9.17) is 10.5 Å². The second kappa shape index (κ2) is 4.30. The van der Waals surface area contributed by atoms with Crippen molar-refractivity contribution >= 4 is 12.4 Å². The van der Waals surface area contributed by atoms with E-state index in [1.807, 2.05) is 18.2 Å². The van der Waals surface area contributed by atoms with Crippen molar-refractivity contribution in [3.05, 3.63) is 35.9 Å². The van der Waals surface area contributed by atoms with Crippen molar-refractivity contribution in [3.63, 3.8) is 0 Å². The molecule has 0 spiro atoms. The minimum absolute atomic E-state index is 0. The van der Waals surface area contributed by atoms with Gasteiger partial charge in [0.15, 0.2) is 0 Å². The third kappa shape index (κ3) is 2.08. The Labute approximate surface area is 90.9 Å². The zero-order chi connectivity index (χ0) is 9.31. The molecule has 0 heterocycles. The Balaban J connectivity index is 0.000000980. The first-order chi connectivity index (χ1) is 6.26. The van der Waals surface area contributed by atoms with Crippen LogP contribution in [0.1, 0.15) is 24.5 Å². The van der Waals surface area contributed by atoms with Gasteiger partial charge in [0.1, 0.15) is 0 Å². The molecule has 3 heteroatoms. The fourth-order valence-corrected chi connectivity index (χ4v) is 1.74. The summed E-state index contributed by atoms with van der Waals surface area (Å²) in [5, 5.41) is 0. The maximum absolute atomic E-state index is 6.11. The zero-order valence-electron chi connectivity index (χ0n) is 8.27. The summed E-state index contributed by atoms with van der Waals surface area (Å²) in [7, 11) is 1.73. The van der Waals surface area contributed by atoms with Gasteiger partial charge in [-0.1, -0.05) is 30.3 Å². The second-order valence-electron chi connectivity index (χ2n) is 3.76. The largest absolute Gasteiger partial charge is 0.375 e. The first-order valence-electron chi connectivity index (χ1n) is 4.63. The summed E-state index contributed by atoms with van der Waals surface area (Å²) in [4.78, 5) is 0. The van der Waals surface area contributed by atoms with Crippen molar-refractivity contribution in [2.45, 2.75) is 24.5 Å². The van der Waals surface area contributed by atoms with Gasteiger partial charge in [0.25, 0.3) is 0 Å². The van der Waals surface area contributed by atoms with E-state index >= 15 is 0 Å². The van der Waals surface area contributed by atoms with Crippen LogP contribution in [0.25, 0.3) is 0 Å². The maximum Gasteiger partial charge on any atom is 0.1000 e. The molecule has 0 bridgehead atoms. The number of hydrogen-bond donors (Lipinski definition) is 1. The van der Waals surface area contributed by atoms with Crippen LogP contribution in [0.2, 0.25) is 0 Å². The second-order valence-corrected chi connectivity index (χ2v) is 3.76. The monoisotopic (exact) mass is 213 g/mol. The summed E-state index contributed by atoms with van der Waals surface area (Å²) in [6.45, 7) is 0. The topological polar surface area (TPSA) is 35.2 Å². The van der Waals surface area contributed by atoms with Gasteiger partial charge < -0.3 is 10.5 Å². The van der Waals surface area contributed by atoms with Crippen molar-refractivity contribution in [2.24, 2.45) is 5.73 Å². The highest BCUT2D eigenvalue weighted by atomic mass is 35.5. The third-order valence-electron chi connectivity index (χ3n) is 2.69. The van der Waals surface area contributed by atoms with Crippen LogP contribution in [0.5, 0.6) is 0 Å². The van der Waals surface area contributed by atoms with Gasteiger partial charge in [-0.25, -0.2) is 0 Å². The van der Waals surface area contributed by atoms with E-state index in [1.54, 1.807) is 7.11 Å². The van der Waals surface area contributed by atoms with Gasteiger partial charge in [-0.05, 0) is 18.4 Å². The van der Waals surface area contributed by atoms with Gasteiger partial charge in [0.05, 0.1) is 6.10 Å². The molecule has 1 aliphatic rings. The van der Waals surface area contributed by atoms with Crippen LogP contribution in [0, 0.1) is 0 Å². The van der Waals surface area contributed by atoms with E-state index < -0.39 is 0 Å².